The van der Waals surface area contributed by atoms with Crippen molar-refractivity contribution in [1.82, 2.24) is 4.98 Å². The van der Waals surface area contributed by atoms with Gasteiger partial charge in [-0.2, -0.15) is 0 Å². The molecule has 24 heavy (non-hydrogen) atoms. The number of nitrogens with one attached hydrogen (secondary N) is 1. The van der Waals surface area contributed by atoms with Crippen LogP contribution in [0, 0.1) is 5.82 Å². The SMILES string of the molecule is CC(=O)N1CCCc2cc(S(=O)(=O)Nc3cncc(F)c3)ccc21. The predicted octanol–water partition coefficient (Wildman–Crippen LogP) is 2.32. The van der Waals surface area contributed by atoms with Crippen molar-refractivity contribution in [2.24, 2.45) is 0 Å². The van der Waals surface area contributed by atoms with Crippen molar-refractivity contribution in [3.63, 3.8) is 0 Å². The smallest absolute Gasteiger partial charge is 0.261 e. The van der Waals surface area contributed by atoms with Crippen LogP contribution in [0.4, 0.5) is 15.8 Å². The molecule has 6 nitrogen and oxygen atoms in total. The maximum atomic E-state index is 13.2. The Morgan fingerprint density at radius 3 is 2.79 bits per heavy atom. The maximum Gasteiger partial charge on any atom is 0.261 e. The molecule has 0 fully saturated rings. The molecule has 0 saturated carbocycles. The second-order valence-corrected chi connectivity index (χ2v) is 7.24. The summed E-state index contributed by atoms with van der Waals surface area (Å²) >= 11 is 0. The lowest BCUT2D eigenvalue weighted by Crippen LogP contribution is -2.33. The molecule has 0 radical (unpaired) electrons. The Bertz CT molecular complexity index is 899. The van der Waals surface area contributed by atoms with Crippen LogP contribution in [0.1, 0.15) is 18.9 Å². The molecule has 0 saturated heterocycles. The number of carbonyl (C=O) groups excluding carboxylic acids is 1. The van der Waals surface area contributed by atoms with Crippen LogP contribution >= 0.6 is 0 Å². The highest BCUT2D eigenvalue weighted by atomic mass is 32.2. The monoisotopic (exact) mass is 349 g/mol. The number of nitrogens with zero attached hydrogens (tertiary/aromatic N) is 2. The lowest BCUT2D eigenvalue weighted by atomic mass is 10.0. The third kappa shape index (κ3) is 3.23. The molecular formula is C16H16FN3O3S. The van der Waals surface area contributed by atoms with Crippen molar-refractivity contribution in [1.29, 1.82) is 0 Å². The Hall–Kier alpha value is -2.48. The van der Waals surface area contributed by atoms with Crippen LogP contribution < -0.4 is 9.62 Å². The summed E-state index contributed by atoms with van der Waals surface area (Å²) in [4.78, 5) is 17.0. The van der Waals surface area contributed by atoms with Gasteiger partial charge >= 0.3 is 0 Å². The highest BCUT2D eigenvalue weighted by Crippen LogP contribution is 2.30. The van der Waals surface area contributed by atoms with Gasteiger partial charge in [0.2, 0.25) is 5.91 Å². The standard InChI is InChI=1S/C16H16FN3O3S/c1-11(21)20-6-2-3-12-7-15(4-5-16(12)20)24(22,23)19-14-8-13(17)9-18-10-14/h4-5,7-10,19H,2-3,6H2,1H3. The Labute approximate surface area is 139 Å². The van der Waals surface area contributed by atoms with Crippen LogP contribution in [-0.2, 0) is 21.2 Å². The molecule has 0 aliphatic carbocycles. The number of aryl methyl sites for hydroxylation is 1. The molecule has 0 atom stereocenters. The van der Waals surface area contributed by atoms with Gasteiger partial charge in [0, 0.05) is 25.2 Å². The number of halogens is 1. The summed E-state index contributed by atoms with van der Waals surface area (Å²) in [5.41, 5.74) is 1.59. The predicted molar refractivity (Wildman–Crippen MR) is 87.8 cm³/mol. The highest BCUT2D eigenvalue weighted by molar-refractivity contribution is 7.92. The summed E-state index contributed by atoms with van der Waals surface area (Å²) in [7, 11) is -3.86. The van der Waals surface area contributed by atoms with Crippen molar-refractivity contribution >= 4 is 27.3 Å². The number of fused-ring (bicyclic) bond motifs is 1. The normalized spacial score (nSPS) is 14.2. The van der Waals surface area contributed by atoms with Gasteiger partial charge in [0.05, 0.1) is 23.0 Å². The zero-order valence-corrected chi connectivity index (χ0v) is 13.8. The molecule has 1 aliphatic heterocycles. The first kappa shape index (κ1) is 16.4. The van der Waals surface area contributed by atoms with Crippen molar-refractivity contribution < 1.29 is 17.6 Å². The molecule has 1 amide bonds. The number of pyridine rings is 1. The first-order chi connectivity index (χ1) is 11.4. The molecule has 126 valence electrons. The number of hydrogen-bond acceptors (Lipinski definition) is 4. The number of rotatable bonds is 3. The Morgan fingerprint density at radius 2 is 2.08 bits per heavy atom. The van der Waals surface area contributed by atoms with E-state index in [1.807, 2.05) is 0 Å². The average molecular weight is 349 g/mol. The highest BCUT2D eigenvalue weighted by Gasteiger charge is 2.23. The van der Waals surface area contributed by atoms with Gasteiger partial charge in [-0.25, -0.2) is 12.8 Å². The van der Waals surface area contributed by atoms with Crippen LogP contribution in [0.2, 0.25) is 0 Å². The van der Waals surface area contributed by atoms with E-state index in [4.69, 9.17) is 0 Å². The summed E-state index contributed by atoms with van der Waals surface area (Å²) in [5, 5.41) is 0. The molecule has 2 aromatic rings. The largest absolute Gasteiger partial charge is 0.312 e. The number of anilines is 2. The fourth-order valence-electron chi connectivity index (χ4n) is 2.75. The molecule has 1 aromatic heterocycles. The second-order valence-electron chi connectivity index (χ2n) is 5.56. The van der Waals surface area contributed by atoms with E-state index < -0.39 is 15.8 Å². The van der Waals surface area contributed by atoms with Crippen molar-refractivity contribution in [2.45, 2.75) is 24.7 Å². The fourth-order valence-corrected chi connectivity index (χ4v) is 3.83. The van der Waals surface area contributed by atoms with Gasteiger partial charge in [-0.1, -0.05) is 0 Å². The number of sulfonamides is 1. The molecule has 1 aliphatic rings. The Morgan fingerprint density at radius 1 is 1.29 bits per heavy atom. The minimum Gasteiger partial charge on any atom is -0.312 e. The summed E-state index contributed by atoms with van der Waals surface area (Å²) < 4.78 is 40.4. The minimum atomic E-state index is -3.86. The minimum absolute atomic E-state index is 0.0538. The zero-order valence-electron chi connectivity index (χ0n) is 13.0. The van der Waals surface area contributed by atoms with E-state index in [2.05, 4.69) is 9.71 Å². The van der Waals surface area contributed by atoms with E-state index in [0.29, 0.717) is 13.0 Å². The molecular weight excluding hydrogens is 333 g/mol. The van der Waals surface area contributed by atoms with E-state index in [9.17, 15) is 17.6 Å². The molecule has 8 heteroatoms. The summed E-state index contributed by atoms with van der Waals surface area (Å²) in [6.45, 7) is 2.11. The summed E-state index contributed by atoms with van der Waals surface area (Å²) in [5.74, 6) is -0.701. The molecule has 3 rings (SSSR count). The van der Waals surface area contributed by atoms with E-state index in [0.717, 1.165) is 29.9 Å². The van der Waals surface area contributed by atoms with Gasteiger partial charge in [-0.15, -0.1) is 0 Å². The second kappa shape index (κ2) is 6.20. The molecule has 1 aromatic carbocycles. The number of hydrogen-bond donors (Lipinski definition) is 1. The number of carbonyl (C=O) groups is 1. The number of amides is 1. The summed E-state index contributed by atoms with van der Waals surface area (Å²) in [6, 6.07) is 5.68. The number of aromatic nitrogens is 1. The van der Waals surface area contributed by atoms with Crippen LogP contribution in [0.3, 0.4) is 0 Å². The third-order valence-corrected chi connectivity index (χ3v) is 5.20. The van der Waals surface area contributed by atoms with Gasteiger partial charge in [0.25, 0.3) is 10.0 Å². The lowest BCUT2D eigenvalue weighted by Gasteiger charge is -2.28. The third-order valence-electron chi connectivity index (χ3n) is 3.82. The Balaban J connectivity index is 1.93. The van der Waals surface area contributed by atoms with E-state index >= 15 is 0 Å². The van der Waals surface area contributed by atoms with Crippen LogP contribution in [0.15, 0.2) is 41.6 Å². The molecule has 1 N–H and O–H groups in total. The molecule has 0 unspecified atom stereocenters. The molecule has 0 spiro atoms. The van der Waals surface area contributed by atoms with E-state index in [1.165, 1.54) is 19.2 Å². The van der Waals surface area contributed by atoms with Gasteiger partial charge in [0.15, 0.2) is 0 Å². The average Bonchev–Trinajstić information content (AvgIpc) is 2.53. The quantitative estimate of drug-likeness (QED) is 0.922. The molecule has 0 bridgehead atoms. The maximum absolute atomic E-state index is 13.2. The van der Waals surface area contributed by atoms with E-state index in [-0.39, 0.29) is 16.5 Å². The van der Waals surface area contributed by atoms with Gasteiger partial charge in [-0.3, -0.25) is 14.5 Å². The van der Waals surface area contributed by atoms with Crippen molar-refractivity contribution in [3.8, 4) is 0 Å². The van der Waals surface area contributed by atoms with Gasteiger partial charge < -0.3 is 4.90 Å². The molecule has 2 heterocycles. The zero-order chi connectivity index (χ0) is 17.3. The topological polar surface area (TPSA) is 79.4 Å². The first-order valence-electron chi connectivity index (χ1n) is 7.41. The lowest BCUT2D eigenvalue weighted by molar-refractivity contribution is -0.116. The Kier molecular flexibility index (Phi) is 4.23. The van der Waals surface area contributed by atoms with E-state index in [1.54, 1.807) is 17.0 Å². The number of benzene rings is 1. The first-order valence-corrected chi connectivity index (χ1v) is 8.89. The van der Waals surface area contributed by atoms with Crippen LogP contribution in [0.5, 0.6) is 0 Å². The van der Waals surface area contributed by atoms with Crippen LogP contribution in [0.25, 0.3) is 0 Å². The van der Waals surface area contributed by atoms with Crippen LogP contribution in [-0.4, -0.2) is 25.9 Å². The van der Waals surface area contributed by atoms with Gasteiger partial charge in [0.1, 0.15) is 5.82 Å². The van der Waals surface area contributed by atoms with Crippen molar-refractivity contribution in [3.05, 3.63) is 48.0 Å². The summed E-state index contributed by atoms with van der Waals surface area (Å²) in [6.07, 6.45) is 3.70. The fraction of sp³-hybridized carbons (Fsp3) is 0.250. The van der Waals surface area contributed by atoms with Gasteiger partial charge in [-0.05, 0) is 36.6 Å². The van der Waals surface area contributed by atoms with Crippen molar-refractivity contribution in [2.75, 3.05) is 16.2 Å².